The number of aryl methyl sites for hydroxylation is 2. The third-order valence-electron chi connectivity index (χ3n) is 3.62. The van der Waals surface area contributed by atoms with Crippen molar-refractivity contribution in [3.63, 3.8) is 0 Å². The average molecular weight is 346 g/mol. The zero-order valence-corrected chi connectivity index (χ0v) is 14.7. The van der Waals surface area contributed by atoms with Crippen molar-refractivity contribution in [3.8, 4) is 0 Å². The quantitative estimate of drug-likeness (QED) is 0.809. The number of anilines is 1. The summed E-state index contributed by atoms with van der Waals surface area (Å²) in [6.07, 6.45) is 1.01. The van der Waals surface area contributed by atoms with Crippen LogP contribution in [0.4, 0.5) is 5.69 Å². The summed E-state index contributed by atoms with van der Waals surface area (Å²) >= 11 is 0. The van der Waals surface area contributed by atoms with Crippen LogP contribution in [0.3, 0.4) is 0 Å². The van der Waals surface area contributed by atoms with E-state index in [9.17, 15) is 13.2 Å². The first-order valence-electron chi connectivity index (χ1n) is 7.86. The molecule has 0 unspecified atom stereocenters. The summed E-state index contributed by atoms with van der Waals surface area (Å²) in [5.41, 5.74) is 2.89. The predicted molar refractivity (Wildman–Crippen MR) is 95.4 cm³/mol. The van der Waals surface area contributed by atoms with Crippen LogP contribution in [0.25, 0.3) is 0 Å². The second-order valence-electron chi connectivity index (χ2n) is 5.56. The molecule has 0 aliphatic rings. The minimum atomic E-state index is -3.58. The lowest BCUT2D eigenvalue weighted by atomic mass is 10.1. The van der Waals surface area contributed by atoms with Crippen molar-refractivity contribution in [2.24, 2.45) is 0 Å². The molecule has 0 aliphatic carbocycles. The van der Waals surface area contributed by atoms with Crippen LogP contribution in [-0.2, 0) is 21.2 Å². The molecule has 0 fully saturated rings. The Hall–Kier alpha value is -2.18. The van der Waals surface area contributed by atoms with Crippen molar-refractivity contribution in [2.45, 2.75) is 31.6 Å². The number of benzene rings is 2. The van der Waals surface area contributed by atoms with E-state index in [0.717, 1.165) is 12.0 Å². The van der Waals surface area contributed by atoms with E-state index in [1.165, 1.54) is 5.56 Å². The molecule has 0 bridgehead atoms. The number of carbonyl (C=O) groups excluding carboxylic acids is 1. The second-order valence-corrected chi connectivity index (χ2v) is 7.33. The number of hydrogen-bond donors (Lipinski definition) is 2. The van der Waals surface area contributed by atoms with Crippen LogP contribution in [-0.4, -0.2) is 20.9 Å². The molecular weight excluding hydrogens is 324 g/mol. The van der Waals surface area contributed by atoms with E-state index in [-0.39, 0.29) is 23.8 Å². The highest BCUT2D eigenvalue weighted by Gasteiger charge is 2.13. The normalized spacial score (nSPS) is 11.2. The Morgan fingerprint density at radius 3 is 2.21 bits per heavy atom. The van der Waals surface area contributed by atoms with Gasteiger partial charge < -0.3 is 5.32 Å². The van der Waals surface area contributed by atoms with Crippen molar-refractivity contribution >= 4 is 21.6 Å². The van der Waals surface area contributed by atoms with Crippen LogP contribution in [0.2, 0.25) is 0 Å². The van der Waals surface area contributed by atoms with E-state index in [4.69, 9.17) is 0 Å². The maximum Gasteiger partial charge on any atom is 0.240 e. The predicted octanol–water partition coefficient (Wildman–Crippen LogP) is 2.86. The first-order valence-corrected chi connectivity index (χ1v) is 9.34. The Kier molecular flexibility index (Phi) is 6.11. The molecule has 1 amide bonds. The van der Waals surface area contributed by atoms with E-state index < -0.39 is 10.0 Å². The topological polar surface area (TPSA) is 75.3 Å². The number of carbonyl (C=O) groups is 1. The van der Waals surface area contributed by atoms with Crippen molar-refractivity contribution in [1.82, 2.24) is 4.72 Å². The van der Waals surface area contributed by atoms with Gasteiger partial charge in [0.05, 0.1) is 4.90 Å². The molecule has 0 aromatic heterocycles. The zero-order chi connectivity index (χ0) is 17.6. The maximum atomic E-state index is 12.1. The first kappa shape index (κ1) is 18.2. The molecule has 0 saturated carbocycles. The summed E-state index contributed by atoms with van der Waals surface area (Å²) in [7, 11) is -3.58. The van der Waals surface area contributed by atoms with Crippen LogP contribution in [0, 0.1) is 6.92 Å². The molecular formula is C18H22N2O3S. The minimum Gasteiger partial charge on any atom is -0.326 e. The summed E-state index contributed by atoms with van der Waals surface area (Å²) in [6.45, 7) is 4.00. The van der Waals surface area contributed by atoms with E-state index in [1.54, 1.807) is 24.3 Å². The smallest absolute Gasteiger partial charge is 0.240 e. The van der Waals surface area contributed by atoms with Gasteiger partial charge in [0, 0.05) is 18.7 Å². The third-order valence-corrected chi connectivity index (χ3v) is 5.10. The number of nitrogens with one attached hydrogen (secondary N) is 2. The summed E-state index contributed by atoms with van der Waals surface area (Å²) < 4.78 is 26.7. The summed E-state index contributed by atoms with van der Waals surface area (Å²) in [4.78, 5) is 12.1. The Labute approximate surface area is 143 Å². The van der Waals surface area contributed by atoms with Gasteiger partial charge in [0.25, 0.3) is 0 Å². The average Bonchev–Trinajstić information content (AvgIpc) is 2.56. The molecule has 2 rings (SSSR count). The monoisotopic (exact) mass is 346 g/mol. The maximum absolute atomic E-state index is 12.1. The lowest BCUT2D eigenvalue weighted by Crippen LogP contribution is -2.27. The SMILES string of the molecule is CCc1ccc(NC(=O)CCNS(=O)(=O)c2ccc(C)cc2)cc1. The largest absolute Gasteiger partial charge is 0.326 e. The molecule has 2 aromatic rings. The molecule has 2 aromatic carbocycles. The fourth-order valence-corrected chi connectivity index (χ4v) is 3.18. The lowest BCUT2D eigenvalue weighted by Gasteiger charge is -2.08. The third kappa shape index (κ3) is 5.18. The van der Waals surface area contributed by atoms with Crippen molar-refractivity contribution in [3.05, 3.63) is 59.7 Å². The standard InChI is InChI=1S/C18H22N2O3S/c1-3-15-6-8-16(9-7-15)20-18(21)12-13-19-24(22,23)17-10-4-14(2)5-11-17/h4-11,19H,3,12-13H2,1-2H3,(H,20,21). The molecule has 6 heteroatoms. The van der Waals surface area contributed by atoms with Gasteiger partial charge >= 0.3 is 0 Å². The van der Waals surface area contributed by atoms with Crippen LogP contribution in [0.5, 0.6) is 0 Å². The Morgan fingerprint density at radius 2 is 1.62 bits per heavy atom. The number of hydrogen-bond acceptors (Lipinski definition) is 3. The van der Waals surface area contributed by atoms with Gasteiger partial charge in [-0.25, -0.2) is 13.1 Å². The molecule has 0 heterocycles. The minimum absolute atomic E-state index is 0.0507. The molecule has 128 valence electrons. The highest BCUT2D eigenvalue weighted by molar-refractivity contribution is 7.89. The lowest BCUT2D eigenvalue weighted by molar-refractivity contribution is -0.116. The summed E-state index contributed by atoms with van der Waals surface area (Å²) in [5.74, 6) is -0.231. The number of sulfonamides is 1. The first-order chi connectivity index (χ1) is 11.4. The Bertz CT molecular complexity index is 782. The fourth-order valence-electron chi connectivity index (χ4n) is 2.15. The second kappa shape index (κ2) is 8.08. The molecule has 0 spiro atoms. The van der Waals surface area contributed by atoms with Gasteiger partial charge in [-0.2, -0.15) is 0 Å². The fraction of sp³-hybridized carbons (Fsp3) is 0.278. The van der Waals surface area contributed by atoms with Crippen molar-refractivity contribution < 1.29 is 13.2 Å². The van der Waals surface area contributed by atoms with Crippen molar-refractivity contribution in [1.29, 1.82) is 0 Å². The number of amides is 1. The molecule has 2 N–H and O–H groups in total. The van der Waals surface area contributed by atoms with Crippen LogP contribution in [0.15, 0.2) is 53.4 Å². The molecule has 5 nitrogen and oxygen atoms in total. The van der Waals surface area contributed by atoms with Gasteiger partial charge in [-0.3, -0.25) is 4.79 Å². The van der Waals surface area contributed by atoms with Crippen LogP contribution >= 0.6 is 0 Å². The highest BCUT2D eigenvalue weighted by atomic mass is 32.2. The van der Waals surface area contributed by atoms with Gasteiger partial charge in [-0.15, -0.1) is 0 Å². The molecule has 0 aliphatic heterocycles. The van der Waals surface area contributed by atoms with E-state index in [2.05, 4.69) is 17.0 Å². The molecule has 24 heavy (non-hydrogen) atoms. The summed E-state index contributed by atoms with van der Waals surface area (Å²) in [6, 6.07) is 14.2. The van der Waals surface area contributed by atoms with E-state index >= 15 is 0 Å². The summed E-state index contributed by atoms with van der Waals surface area (Å²) in [5, 5.41) is 2.75. The Morgan fingerprint density at radius 1 is 1.00 bits per heavy atom. The van der Waals surface area contributed by atoms with E-state index in [1.807, 2.05) is 31.2 Å². The van der Waals surface area contributed by atoms with Gasteiger partial charge in [0.2, 0.25) is 15.9 Å². The van der Waals surface area contributed by atoms with E-state index in [0.29, 0.717) is 5.69 Å². The van der Waals surface area contributed by atoms with Gasteiger partial charge in [-0.1, -0.05) is 36.8 Å². The number of rotatable bonds is 7. The van der Waals surface area contributed by atoms with Gasteiger partial charge in [-0.05, 0) is 43.2 Å². The van der Waals surface area contributed by atoms with Gasteiger partial charge in [0.1, 0.15) is 0 Å². The van der Waals surface area contributed by atoms with Crippen LogP contribution < -0.4 is 10.0 Å². The molecule has 0 saturated heterocycles. The highest BCUT2D eigenvalue weighted by Crippen LogP contribution is 2.11. The van der Waals surface area contributed by atoms with Crippen LogP contribution in [0.1, 0.15) is 24.5 Å². The Balaban J connectivity index is 1.84. The molecule has 0 atom stereocenters. The van der Waals surface area contributed by atoms with Gasteiger partial charge in [0.15, 0.2) is 0 Å². The molecule has 0 radical (unpaired) electrons. The zero-order valence-electron chi connectivity index (χ0n) is 13.9. The van der Waals surface area contributed by atoms with Crippen molar-refractivity contribution in [2.75, 3.05) is 11.9 Å².